The van der Waals surface area contributed by atoms with E-state index in [-0.39, 0.29) is 0 Å². The van der Waals surface area contributed by atoms with Gasteiger partial charge in [0.1, 0.15) is 11.6 Å². The predicted octanol–water partition coefficient (Wildman–Crippen LogP) is 5.17. The number of hydrogen-bond donors (Lipinski definition) is 1. The largest absolute Gasteiger partial charge is 0.492 e. The first-order chi connectivity index (χ1) is 11.0. The van der Waals surface area contributed by atoms with Crippen LogP contribution < -0.4 is 4.74 Å². The Bertz CT molecular complexity index is 769. The Morgan fingerprint density at radius 3 is 2.96 bits per heavy atom. The van der Waals surface area contributed by atoms with E-state index in [2.05, 4.69) is 32.7 Å². The van der Waals surface area contributed by atoms with Gasteiger partial charge in [-0.2, -0.15) is 5.10 Å². The van der Waals surface area contributed by atoms with E-state index >= 15 is 0 Å². The van der Waals surface area contributed by atoms with Crippen LogP contribution in [0.5, 0.6) is 5.75 Å². The normalized spacial score (nSPS) is 10.8. The van der Waals surface area contributed by atoms with Crippen LogP contribution in [-0.2, 0) is 13.0 Å². The first kappa shape index (κ1) is 18.2. The maximum absolute atomic E-state index is 6.23. The Labute approximate surface area is 154 Å². The number of aromatic amines is 1. The molecule has 4 nitrogen and oxygen atoms in total. The monoisotopic (exact) mass is 415 g/mol. The highest BCUT2D eigenvalue weighted by Gasteiger charge is 2.11. The maximum Gasteiger partial charge on any atom is 0.195 e. The van der Waals surface area contributed by atoms with Gasteiger partial charge in [-0.15, -0.1) is 6.58 Å². The molecular formula is C16H19BrClN3OS. The van der Waals surface area contributed by atoms with Crippen molar-refractivity contribution in [2.75, 3.05) is 6.61 Å². The van der Waals surface area contributed by atoms with Gasteiger partial charge in [0.05, 0.1) is 11.1 Å². The summed E-state index contributed by atoms with van der Waals surface area (Å²) in [6.07, 6.45) is 3.43. The molecule has 0 radical (unpaired) electrons. The number of allylic oxidation sites excluding steroid dienone is 1. The molecule has 1 aromatic carbocycles. The van der Waals surface area contributed by atoms with Gasteiger partial charge in [-0.1, -0.05) is 17.7 Å². The third-order valence-corrected chi connectivity index (χ3v) is 5.40. The van der Waals surface area contributed by atoms with Gasteiger partial charge in [0.25, 0.3) is 0 Å². The second-order valence-electron chi connectivity index (χ2n) is 5.24. The van der Waals surface area contributed by atoms with Crippen molar-refractivity contribution in [2.45, 2.75) is 33.2 Å². The number of aromatic nitrogens is 3. The molecule has 0 aliphatic heterocycles. The van der Waals surface area contributed by atoms with Crippen LogP contribution in [0.25, 0.3) is 0 Å². The zero-order valence-electron chi connectivity index (χ0n) is 13.2. The minimum absolute atomic E-state index is 0.590. The Balaban J connectivity index is 1.96. The van der Waals surface area contributed by atoms with Gasteiger partial charge in [0.15, 0.2) is 4.77 Å². The average Bonchev–Trinajstić information content (AvgIpc) is 2.87. The van der Waals surface area contributed by atoms with Crippen LogP contribution in [0.2, 0.25) is 5.02 Å². The van der Waals surface area contributed by atoms with E-state index in [1.165, 1.54) is 0 Å². The molecule has 1 N–H and O–H groups in total. The molecule has 0 atom stereocenters. The molecule has 0 saturated heterocycles. The number of nitrogens with one attached hydrogen (secondary N) is 1. The Kier molecular flexibility index (Phi) is 6.44. The highest BCUT2D eigenvalue weighted by Crippen LogP contribution is 2.35. The minimum atomic E-state index is 0.590. The first-order valence-electron chi connectivity index (χ1n) is 7.28. The minimum Gasteiger partial charge on any atom is -0.492 e. The van der Waals surface area contributed by atoms with Crippen LogP contribution in [0.15, 0.2) is 23.2 Å². The van der Waals surface area contributed by atoms with Crippen LogP contribution >= 0.6 is 39.7 Å². The lowest BCUT2D eigenvalue weighted by molar-refractivity contribution is 0.307. The molecule has 1 aromatic heterocycles. The lowest BCUT2D eigenvalue weighted by Crippen LogP contribution is -2.06. The van der Waals surface area contributed by atoms with E-state index < -0.39 is 0 Å². The van der Waals surface area contributed by atoms with Crippen LogP contribution in [0.3, 0.4) is 0 Å². The molecule has 0 bridgehead atoms. The van der Waals surface area contributed by atoms with Gasteiger partial charge in [-0.3, -0.25) is 5.10 Å². The molecule has 124 valence electrons. The number of halogens is 2. The van der Waals surface area contributed by atoms with Gasteiger partial charge in [-0.25, -0.2) is 0 Å². The fourth-order valence-electron chi connectivity index (χ4n) is 2.28. The first-order valence-corrected chi connectivity index (χ1v) is 8.86. The second kappa shape index (κ2) is 8.13. The average molecular weight is 417 g/mol. The van der Waals surface area contributed by atoms with Crippen molar-refractivity contribution in [3.8, 4) is 5.75 Å². The molecule has 0 fully saturated rings. The number of nitrogens with zero attached hydrogens (tertiary/aromatic N) is 2. The summed E-state index contributed by atoms with van der Waals surface area (Å²) < 4.78 is 9.35. The molecule has 0 aliphatic rings. The topological polar surface area (TPSA) is 42.8 Å². The van der Waals surface area contributed by atoms with Gasteiger partial charge < -0.3 is 9.30 Å². The molecule has 0 unspecified atom stereocenters. The summed E-state index contributed by atoms with van der Waals surface area (Å²) in [6.45, 7) is 8.93. The molecule has 2 rings (SSSR count). The summed E-state index contributed by atoms with van der Waals surface area (Å²) in [7, 11) is 0. The fourth-order valence-corrected chi connectivity index (χ4v) is 3.19. The molecule has 1 heterocycles. The van der Waals surface area contributed by atoms with Crippen LogP contribution in [-0.4, -0.2) is 21.4 Å². The Morgan fingerprint density at radius 2 is 2.26 bits per heavy atom. The number of ether oxygens (including phenoxy) is 1. The van der Waals surface area contributed by atoms with E-state index in [1.807, 2.05) is 30.6 Å². The molecular weight excluding hydrogens is 398 g/mol. The smallest absolute Gasteiger partial charge is 0.195 e. The molecule has 2 aromatic rings. The lowest BCUT2D eigenvalue weighted by Gasteiger charge is -2.13. The highest BCUT2D eigenvalue weighted by molar-refractivity contribution is 9.10. The van der Waals surface area contributed by atoms with Gasteiger partial charge in [-0.05, 0) is 65.6 Å². The summed E-state index contributed by atoms with van der Waals surface area (Å²) in [4.78, 5) is 0. The van der Waals surface area contributed by atoms with E-state index in [4.69, 9.17) is 28.6 Å². The maximum atomic E-state index is 6.23. The van der Waals surface area contributed by atoms with Gasteiger partial charge in [0.2, 0.25) is 0 Å². The summed E-state index contributed by atoms with van der Waals surface area (Å²) >= 11 is 15.0. The van der Waals surface area contributed by atoms with Crippen molar-refractivity contribution < 1.29 is 4.74 Å². The third-order valence-electron chi connectivity index (χ3n) is 3.52. The lowest BCUT2D eigenvalue weighted by atomic mass is 10.1. The molecule has 0 aliphatic carbocycles. The SMILES string of the molecule is C=CCn1c(CCCOc2cc(C)c(Cl)c(C)c2Br)n[nH]c1=S. The zero-order valence-corrected chi connectivity index (χ0v) is 16.3. The second-order valence-corrected chi connectivity index (χ2v) is 6.80. The van der Waals surface area contributed by atoms with E-state index in [0.717, 1.165) is 45.0 Å². The molecule has 0 amide bonds. The van der Waals surface area contributed by atoms with E-state index in [9.17, 15) is 0 Å². The number of rotatable bonds is 7. The fraction of sp³-hybridized carbons (Fsp3) is 0.375. The predicted molar refractivity (Wildman–Crippen MR) is 100 cm³/mol. The summed E-state index contributed by atoms with van der Waals surface area (Å²) in [5.41, 5.74) is 2.00. The quantitative estimate of drug-likeness (QED) is 0.384. The number of aryl methyl sites for hydroxylation is 2. The van der Waals surface area contributed by atoms with E-state index in [1.54, 1.807) is 0 Å². The van der Waals surface area contributed by atoms with Gasteiger partial charge in [0, 0.05) is 18.0 Å². The van der Waals surface area contributed by atoms with Crippen LogP contribution in [0, 0.1) is 18.6 Å². The molecule has 0 spiro atoms. The summed E-state index contributed by atoms with van der Waals surface area (Å²) in [5.74, 6) is 1.73. The standard InChI is InChI=1S/C16H19BrClN3OS/c1-4-7-21-13(19-20-16(21)23)6-5-8-22-12-9-10(2)15(18)11(3)14(12)17/h4,9H,1,5-8H2,2-3H3,(H,20,23). The summed E-state index contributed by atoms with van der Waals surface area (Å²) in [5, 5.41) is 7.84. The zero-order chi connectivity index (χ0) is 17.0. The van der Waals surface area contributed by atoms with Crippen molar-refractivity contribution in [3.63, 3.8) is 0 Å². The molecule has 7 heteroatoms. The van der Waals surface area contributed by atoms with Crippen molar-refractivity contribution in [1.29, 1.82) is 0 Å². The van der Waals surface area contributed by atoms with Crippen LogP contribution in [0.1, 0.15) is 23.4 Å². The number of H-pyrrole nitrogens is 1. The summed E-state index contributed by atoms with van der Waals surface area (Å²) in [6, 6.07) is 1.95. The Hall–Kier alpha value is -1.11. The Morgan fingerprint density at radius 1 is 1.52 bits per heavy atom. The van der Waals surface area contributed by atoms with Crippen molar-refractivity contribution >= 4 is 39.7 Å². The van der Waals surface area contributed by atoms with Crippen molar-refractivity contribution in [2.24, 2.45) is 0 Å². The third kappa shape index (κ3) is 4.25. The molecule has 0 saturated carbocycles. The molecule has 23 heavy (non-hydrogen) atoms. The highest BCUT2D eigenvalue weighted by atomic mass is 79.9. The number of hydrogen-bond acceptors (Lipinski definition) is 3. The van der Waals surface area contributed by atoms with Crippen molar-refractivity contribution in [1.82, 2.24) is 14.8 Å². The van der Waals surface area contributed by atoms with Crippen molar-refractivity contribution in [3.05, 3.63) is 49.9 Å². The number of benzene rings is 1. The van der Waals surface area contributed by atoms with Gasteiger partial charge >= 0.3 is 0 Å². The van der Waals surface area contributed by atoms with Crippen LogP contribution in [0.4, 0.5) is 0 Å². The van der Waals surface area contributed by atoms with E-state index in [0.29, 0.717) is 17.9 Å².